The van der Waals surface area contributed by atoms with E-state index in [-0.39, 0.29) is 12.2 Å². The first-order valence-electron chi connectivity index (χ1n) is 8.71. The summed E-state index contributed by atoms with van der Waals surface area (Å²) in [7, 11) is 0. The Morgan fingerprint density at radius 2 is 2.05 bits per heavy atom. The molecule has 1 N–H and O–H groups in total. The van der Waals surface area contributed by atoms with E-state index < -0.39 is 0 Å². The molecule has 0 radical (unpaired) electrons. The molecule has 0 aromatic carbocycles. The zero-order valence-corrected chi connectivity index (χ0v) is 14.9. The fraction of sp³-hybridized carbons (Fsp3) is 0.941. The van der Waals surface area contributed by atoms with Crippen molar-refractivity contribution in [3.8, 4) is 0 Å². The minimum Gasteiger partial charge on any atom is -0.321 e. The molecule has 1 heterocycles. The Morgan fingerprint density at radius 3 is 2.67 bits per heavy atom. The summed E-state index contributed by atoms with van der Waals surface area (Å²) in [6.45, 7) is 6.66. The second-order valence-corrected chi connectivity index (χ2v) is 8.00. The summed E-state index contributed by atoms with van der Waals surface area (Å²) < 4.78 is 0. The summed E-state index contributed by atoms with van der Waals surface area (Å²) in [4.78, 5) is 15.2. The van der Waals surface area contributed by atoms with Gasteiger partial charge in [0.2, 0.25) is 5.91 Å². The lowest BCUT2D eigenvalue weighted by Crippen LogP contribution is -2.52. The fourth-order valence-electron chi connectivity index (χ4n) is 3.84. The SMILES string of the molecule is CCCCC1NC(C(C)C)N(C2CCCCC2SC)C1=O. The van der Waals surface area contributed by atoms with Gasteiger partial charge in [0.25, 0.3) is 0 Å². The molecule has 2 rings (SSSR count). The standard InChI is InChI=1S/C17H32N2OS/c1-5-6-9-13-17(20)19(16(18-13)12(2)3)14-10-7-8-11-15(14)21-4/h12-16,18H,5-11H2,1-4H3. The first-order valence-corrected chi connectivity index (χ1v) is 10.00. The molecule has 122 valence electrons. The van der Waals surface area contributed by atoms with Crippen LogP contribution in [0.1, 0.15) is 65.7 Å². The van der Waals surface area contributed by atoms with Crippen LogP contribution in [0.25, 0.3) is 0 Å². The van der Waals surface area contributed by atoms with E-state index in [0.717, 1.165) is 19.3 Å². The van der Waals surface area contributed by atoms with Crippen molar-refractivity contribution in [3.63, 3.8) is 0 Å². The monoisotopic (exact) mass is 312 g/mol. The maximum absolute atomic E-state index is 12.9. The molecule has 1 saturated carbocycles. The van der Waals surface area contributed by atoms with E-state index >= 15 is 0 Å². The van der Waals surface area contributed by atoms with Gasteiger partial charge in [-0.05, 0) is 31.4 Å². The predicted octanol–water partition coefficient (Wildman–Crippen LogP) is 3.63. The van der Waals surface area contributed by atoms with E-state index in [1.807, 2.05) is 11.8 Å². The zero-order chi connectivity index (χ0) is 15.4. The van der Waals surface area contributed by atoms with Crippen LogP contribution in [0.15, 0.2) is 0 Å². The number of amides is 1. The summed E-state index contributed by atoms with van der Waals surface area (Å²) in [6.07, 6.45) is 10.8. The molecule has 2 aliphatic rings. The number of nitrogens with one attached hydrogen (secondary N) is 1. The first kappa shape index (κ1) is 17.1. The maximum atomic E-state index is 12.9. The lowest BCUT2D eigenvalue weighted by atomic mass is 9.92. The van der Waals surface area contributed by atoms with Crippen LogP contribution in [0.2, 0.25) is 0 Å². The van der Waals surface area contributed by atoms with E-state index in [4.69, 9.17) is 0 Å². The average molecular weight is 313 g/mol. The van der Waals surface area contributed by atoms with Gasteiger partial charge in [0.1, 0.15) is 0 Å². The van der Waals surface area contributed by atoms with Gasteiger partial charge in [0.15, 0.2) is 0 Å². The molecule has 4 heteroatoms. The highest BCUT2D eigenvalue weighted by Crippen LogP contribution is 2.35. The van der Waals surface area contributed by atoms with Crippen LogP contribution in [-0.4, -0.2) is 40.6 Å². The highest BCUT2D eigenvalue weighted by molar-refractivity contribution is 7.99. The topological polar surface area (TPSA) is 32.3 Å². The number of carbonyl (C=O) groups excluding carboxylic acids is 1. The lowest BCUT2D eigenvalue weighted by molar-refractivity contribution is -0.133. The number of rotatable bonds is 6. The second-order valence-electron chi connectivity index (χ2n) is 6.92. The summed E-state index contributed by atoms with van der Waals surface area (Å²) in [5.74, 6) is 0.845. The third-order valence-electron chi connectivity index (χ3n) is 5.03. The number of thioether (sulfide) groups is 1. The van der Waals surface area contributed by atoms with Crippen molar-refractivity contribution in [1.29, 1.82) is 0 Å². The Morgan fingerprint density at radius 1 is 1.33 bits per heavy atom. The van der Waals surface area contributed by atoms with Crippen molar-refractivity contribution in [2.75, 3.05) is 6.26 Å². The zero-order valence-electron chi connectivity index (χ0n) is 14.1. The average Bonchev–Trinajstić information content (AvgIpc) is 2.82. The van der Waals surface area contributed by atoms with Crippen molar-refractivity contribution in [3.05, 3.63) is 0 Å². The van der Waals surface area contributed by atoms with E-state index in [1.165, 1.54) is 25.7 Å². The van der Waals surface area contributed by atoms with Crippen LogP contribution in [-0.2, 0) is 4.79 Å². The van der Waals surface area contributed by atoms with E-state index in [9.17, 15) is 4.79 Å². The summed E-state index contributed by atoms with van der Waals surface area (Å²) in [6, 6.07) is 0.495. The van der Waals surface area contributed by atoms with Gasteiger partial charge >= 0.3 is 0 Å². The predicted molar refractivity (Wildman–Crippen MR) is 91.5 cm³/mol. The molecule has 2 fully saturated rings. The van der Waals surface area contributed by atoms with Crippen molar-refractivity contribution in [1.82, 2.24) is 10.2 Å². The van der Waals surface area contributed by atoms with Crippen LogP contribution in [0.5, 0.6) is 0 Å². The normalized spacial score (nSPS) is 34.0. The molecule has 21 heavy (non-hydrogen) atoms. The van der Waals surface area contributed by atoms with Gasteiger partial charge in [0, 0.05) is 11.3 Å². The third kappa shape index (κ3) is 3.76. The largest absolute Gasteiger partial charge is 0.321 e. The van der Waals surface area contributed by atoms with Crippen LogP contribution in [0.3, 0.4) is 0 Å². The maximum Gasteiger partial charge on any atom is 0.241 e. The Hall–Kier alpha value is -0.220. The van der Waals surface area contributed by atoms with Crippen molar-refractivity contribution < 1.29 is 4.79 Å². The van der Waals surface area contributed by atoms with E-state index in [2.05, 4.69) is 37.2 Å². The molecule has 4 unspecified atom stereocenters. The lowest BCUT2D eigenvalue weighted by Gasteiger charge is -2.41. The van der Waals surface area contributed by atoms with Crippen molar-refractivity contribution in [2.24, 2.45) is 5.92 Å². The fourth-order valence-corrected chi connectivity index (χ4v) is 4.83. The minimum atomic E-state index is 0.0572. The van der Waals surface area contributed by atoms with E-state index in [0.29, 0.717) is 23.1 Å². The molecule has 0 spiro atoms. The smallest absolute Gasteiger partial charge is 0.241 e. The number of hydrogen-bond acceptors (Lipinski definition) is 3. The number of hydrogen-bond donors (Lipinski definition) is 1. The molecule has 1 saturated heterocycles. The third-order valence-corrected chi connectivity index (χ3v) is 6.19. The Balaban J connectivity index is 2.15. The van der Waals surface area contributed by atoms with Crippen LogP contribution in [0.4, 0.5) is 0 Å². The van der Waals surface area contributed by atoms with Gasteiger partial charge in [0.05, 0.1) is 12.2 Å². The minimum absolute atomic E-state index is 0.0572. The molecule has 0 bridgehead atoms. The number of nitrogens with zero attached hydrogens (tertiary/aromatic N) is 1. The van der Waals surface area contributed by atoms with Gasteiger partial charge in [-0.3, -0.25) is 10.1 Å². The summed E-state index contributed by atoms with van der Waals surface area (Å²) in [5.41, 5.74) is 0. The molecule has 1 amide bonds. The number of carbonyl (C=O) groups is 1. The molecule has 3 nitrogen and oxygen atoms in total. The van der Waals surface area contributed by atoms with Crippen LogP contribution in [0, 0.1) is 5.92 Å². The van der Waals surface area contributed by atoms with Crippen molar-refractivity contribution in [2.45, 2.75) is 89.2 Å². The highest BCUT2D eigenvalue weighted by atomic mass is 32.2. The molecule has 0 aromatic heterocycles. The Bertz CT molecular complexity index is 348. The van der Waals surface area contributed by atoms with Gasteiger partial charge in [-0.15, -0.1) is 0 Å². The molecule has 4 atom stereocenters. The van der Waals surface area contributed by atoms with Gasteiger partial charge in [-0.1, -0.05) is 46.5 Å². The van der Waals surface area contributed by atoms with Crippen LogP contribution < -0.4 is 5.32 Å². The highest BCUT2D eigenvalue weighted by Gasteiger charge is 2.45. The van der Waals surface area contributed by atoms with Gasteiger partial charge < -0.3 is 4.90 Å². The first-order chi connectivity index (χ1) is 10.1. The van der Waals surface area contributed by atoms with Crippen LogP contribution >= 0.6 is 11.8 Å². The Kier molecular flexibility index (Phi) is 6.42. The Labute approximate surface area is 134 Å². The molecule has 1 aliphatic heterocycles. The molecule has 0 aromatic rings. The van der Waals surface area contributed by atoms with Gasteiger partial charge in [-0.25, -0.2) is 0 Å². The number of unbranched alkanes of at least 4 members (excludes halogenated alkanes) is 1. The van der Waals surface area contributed by atoms with Crippen molar-refractivity contribution >= 4 is 17.7 Å². The van der Waals surface area contributed by atoms with E-state index in [1.54, 1.807) is 0 Å². The summed E-state index contributed by atoms with van der Waals surface area (Å²) in [5, 5.41) is 4.26. The van der Waals surface area contributed by atoms with Gasteiger partial charge in [-0.2, -0.15) is 11.8 Å². The molecular weight excluding hydrogens is 280 g/mol. The quantitative estimate of drug-likeness (QED) is 0.813. The summed E-state index contributed by atoms with van der Waals surface area (Å²) >= 11 is 1.95. The second kappa shape index (κ2) is 7.87. The molecule has 1 aliphatic carbocycles. The molecular formula is C17H32N2OS.